The zero-order chi connectivity index (χ0) is 17.6. The minimum atomic E-state index is -0.191. The fraction of sp³-hybridized carbons (Fsp3) is 0.105. The zero-order valence-electron chi connectivity index (χ0n) is 13.4. The quantitative estimate of drug-likeness (QED) is 0.615. The molecule has 1 aromatic heterocycles. The van der Waals surface area contributed by atoms with E-state index in [1.165, 1.54) is 10.7 Å². The van der Waals surface area contributed by atoms with Gasteiger partial charge < -0.3 is 5.32 Å². The van der Waals surface area contributed by atoms with Crippen LogP contribution in [0, 0.1) is 3.57 Å². The molecule has 0 bridgehead atoms. The van der Waals surface area contributed by atoms with E-state index in [2.05, 4.69) is 33.0 Å². The molecule has 0 aliphatic rings. The number of hydrogen-bond donors (Lipinski definition) is 1. The number of hydrogen-bond acceptors (Lipinski definition) is 3. The van der Waals surface area contributed by atoms with Gasteiger partial charge in [-0.3, -0.25) is 9.59 Å². The van der Waals surface area contributed by atoms with Crippen LogP contribution in [-0.4, -0.2) is 22.2 Å². The summed E-state index contributed by atoms with van der Waals surface area (Å²) < 4.78 is 2.44. The molecule has 0 saturated carbocycles. The van der Waals surface area contributed by atoms with Gasteiger partial charge in [0.25, 0.3) is 11.5 Å². The number of carbonyl (C=O) groups excluding carboxylic acids is 1. The number of nitrogens with zero attached hydrogens (tertiary/aromatic N) is 2. The summed E-state index contributed by atoms with van der Waals surface area (Å²) >= 11 is 2.19. The van der Waals surface area contributed by atoms with E-state index in [1.54, 1.807) is 18.2 Å². The third-order valence-corrected chi connectivity index (χ3v) is 4.37. The van der Waals surface area contributed by atoms with E-state index in [-0.39, 0.29) is 11.5 Å². The minimum Gasteiger partial charge on any atom is -0.350 e. The highest BCUT2D eigenvalue weighted by Crippen LogP contribution is 2.13. The summed E-state index contributed by atoms with van der Waals surface area (Å²) in [5, 5.41) is 7.19. The van der Waals surface area contributed by atoms with E-state index in [4.69, 9.17) is 0 Å². The van der Waals surface area contributed by atoms with Crippen LogP contribution in [0.3, 0.4) is 0 Å². The fourth-order valence-corrected chi connectivity index (χ4v) is 2.71. The zero-order valence-corrected chi connectivity index (χ0v) is 15.5. The summed E-state index contributed by atoms with van der Waals surface area (Å²) in [7, 11) is 0. The molecule has 2 aromatic carbocycles. The summed E-state index contributed by atoms with van der Waals surface area (Å²) in [6.45, 7) is 0.644. The number of amides is 1. The van der Waals surface area contributed by atoms with Gasteiger partial charge in [-0.15, -0.1) is 0 Å². The van der Waals surface area contributed by atoms with Crippen molar-refractivity contribution < 1.29 is 4.79 Å². The van der Waals surface area contributed by atoms with Crippen LogP contribution >= 0.6 is 22.6 Å². The largest absolute Gasteiger partial charge is 0.350 e. The smallest absolute Gasteiger partial charge is 0.266 e. The van der Waals surface area contributed by atoms with Gasteiger partial charge in [-0.2, -0.15) is 5.10 Å². The summed E-state index contributed by atoms with van der Waals surface area (Å²) in [6, 6.07) is 20.2. The average molecular weight is 445 g/mol. The number of benzene rings is 2. The first kappa shape index (κ1) is 17.3. The van der Waals surface area contributed by atoms with Gasteiger partial charge in [0.15, 0.2) is 0 Å². The molecule has 25 heavy (non-hydrogen) atoms. The predicted octanol–water partition coefficient (Wildman–Crippen LogP) is 2.94. The monoisotopic (exact) mass is 445 g/mol. The minimum absolute atomic E-state index is 0.163. The Morgan fingerprint density at radius 2 is 1.72 bits per heavy atom. The van der Waals surface area contributed by atoms with Gasteiger partial charge in [-0.25, -0.2) is 4.68 Å². The van der Waals surface area contributed by atoms with Crippen LogP contribution in [0.2, 0.25) is 0 Å². The van der Waals surface area contributed by atoms with Crippen molar-refractivity contribution in [2.24, 2.45) is 0 Å². The molecule has 0 saturated heterocycles. The topological polar surface area (TPSA) is 64.0 Å². The van der Waals surface area contributed by atoms with E-state index in [1.807, 2.05) is 42.5 Å². The van der Waals surface area contributed by atoms with Crippen molar-refractivity contribution in [3.05, 3.63) is 86.2 Å². The Morgan fingerprint density at radius 1 is 1.00 bits per heavy atom. The van der Waals surface area contributed by atoms with Crippen LogP contribution in [0.15, 0.2) is 71.5 Å². The summed E-state index contributed by atoms with van der Waals surface area (Å²) in [4.78, 5) is 24.1. The normalized spacial score (nSPS) is 10.4. The van der Waals surface area contributed by atoms with Gasteiger partial charge in [-0.05, 0) is 52.9 Å². The van der Waals surface area contributed by atoms with Gasteiger partial charge in [0.2, 0.25) is 0 Å². The lowest BCUT2D eigenvalue weighted by molar-refractivity contribution is 0.0951. The number of carbonyl (C=O) groups is 1. The Hall–Kier alpha value is -2.48. The molecule has 1 heterocycles. The van der Waals surface area contributed by atoms with Crippen LogP contribution in [0.1, 0.15) is 10.4 Å². The summed E-state index contributed by atoms with van der Waals surface area (Å²) in [5.74, 6) is -0.163. The predicted molar refractivity (Wildman–Crippen MR) is 105 cm³/mol. The van der Waals surface area contributed by atoms with Crippen LogP contribution in [-0.2, 0) is 6.54 Å². The molecule has 126 valence electrons. The molecule has 3 rings (SSSR count). The highest BCUT2D eigenvalue weighted by atomic mass is 127. The molecule has 0 fully saturated rings. The van der Waals surface area contributed by atoms with E-state index in [0.29, 0.717) is 18.7 Å². The molecular formula is C19H16IN3O2. The highest BCUT2D eigenvalue weighted by molar-refractivity contribution is 14.1. The second kappa shape index (κ2) is 8.06. The Morgan fingerprint density at radius 3 is 2.44 bits per heavy atom. The van der Waals surface area contributed by atoms with Crippen LogP contribution in [0.25, 0.3) is 11.3 Å². The lowest BCUT2D eigenvalue weighted by Gasteiger charge is -2.08. The molecule has 0 aliphatic carbocycles. The summed E-state index contributed by atoms with van der Waals surface area (Å²) in [6.07, 6.45) is 0. The van der Waals surface area contributed by atoms with E-state index >= 15 is 0 Å². The standard InChI is InChI=1S/C19H16IN3O2/c20-16-8-6-15(7-9-16)19(25)21-12-13-23-18(24)11-10-17(22-23)14-4-2-1-3-5-14/h1-11H,12-13H2,(H,21,25). The summed E-state index contributed by atoms with van der Waals surface area (Å²) in [5.41, 5.74) is 2.07. The molecular weight excluding hydrogens is 429 g/mol. The Bertz CT molecular complexity index is 921. The molecule has 1 amide bonds. The maximum absolute atomic E-state index is 12.1. The maximum atomic E-state index is 12.1. The highest BCUT2D eigenvalue weighted by Gasteiger charge is 2.06. The third kappa shape index (κ3) is 4.54. The SMILES string of the molecule is O=C(NCCn1nc(-c2ccccc2)ccc1=O)c1ccc(I)cc1. The van der Waals surface area contributed by atoms with Crippen molar-refractivity contribution in [2.75, 3.05) is 6.54 Å². The molecule has 0 atom stereocenters. The average Bonchev–Trinajstić information content (AvgIpc) is 2.64. The fourth-order valence-electron chi connectivity index (χ4n) is 2.35. The number of halogens is 1. The molecule has 1 N–H and O–H groups in total. The second-order valence-corrected chi connectivity index (χ2v) is 6.65. The van der Waals surface area contributed by atoms with Crippen molar-refractivity contribution in [3.8, 4) is 11.3 Å². The van der Waals surface area contributed by atoms with Gasteiger partial charge in [0, 0.05) is 27.3 Å². The van der Waals surface area contributed by atoms with Gasteiger partial charge in [-0.1, -0.05) is 30.3 Å². The van der Waals surface area contributed by atoms with E-state index < -0.39 is 0 Å². The molecule has 3 aromatic rings. The molecule has 0 spiro atoms. The van der Waals surface area contributed by atoms with Gasteiger partial charge in [0.1, 0.15) is 0 Å². The van der Waals surface area contributed by atoms with Crippen molar-refractivity contribution in [1.29, 1.82) is 0 Å². The van der Waals surface area contributed by atoms with Crippen molar-refractivity contribution >= 4 is 28.5 Å². The lowest BCUT2D eigenvalue weighted by Crippen LogP contribution is -2.31. The van der Waals surface area contributed by atoms with Crippen LogP contribution in [0.5, 0.6) is 0 Å². The molecule has 0 unspecified atom stereocenters. The second-order valence-electron chi connectivity index (χ2n) is 5.41. The third-order valence-electron chi connectivity index (χ3n) is 3.65. The van der Waals surface area contributed by atoms with Crippen molar-refractivity contribution in [3.63, 3.8) is 0 Å². The first-order valence-electron chi connectivity index (χ1n) is 7.81. The lowest BCUT2D eigenvalue weighted by atomic mass is 10.1. The molecule has 0 radical (unpaired) electrons. The molecule has 5 nitrogen and oxygen atoms in total. The van der Waals surface area contributed by atoms with Gasteiger partial charge >= 0.3 is 0 Å². The first-order valence-corrected chi connectivity index (χ1v) is 8.89. The van der Waals surface area contributed by atoms with Gasteiger partial charge in [0.05, 0.1) is 12.2 Å². The Balaban J connectivity index is 1.66. The van der Waals surface area contributed by atoms with E-state index in [9.17, 15) is 9.59 Å². The Kier molecular flexibility index (Phi) is 5.60. The van der Waals surface area contributed by atoms with Crippen molar-refractivity contribution in [2.45, 2.75) is 6.54 Å². The van der Waals surface area contributed by atoms with Crippen molar-refractivity contribution in [1.82, 2.24) is 15.1 Å². The first-order chi connectivity index (χ1) is 12.1. The maximum Gasteiger partial charge on any atom is 0.266 e. The number of rotatable bonds is 5. The molecule has 6 heteroatoms. The van der Waals surface area contributed by atoms with Crippen LogP contribution < -0.4 is 10.9 Å². The number of aromatic nitrogens is 2. The van der Waals surface area contributed by atoms with E-state index in [0.717, 1.165) is 14.8 Å². The van der Waals surface area contributed by atoms with Crippen LogP contribution in [0.4, 0.5) is 0 Å². The molecule has 0 aliphatic heterocycles. The number of nitrogens with one attached hydrogen (secondary N) is 1. The Labute approximate surface area is 158 Å².